The molecule has 0 unspecified atom stereocenters. The van der Waals surface area contributed by atoms with Crippen molar-refractivity contribution in [3.63, 3.8) is 0 Å². The van der Waals surface area contributed by atoms with Crippen LogP contribution in [-0.4, -0.2) is 29.2 Å². The molecule has 0 saturated heterocycles. The molecule has 1 aromatic carbocycles. The molecule has 0 spiro atoms. The van der Waals surface area contributed by atoms with Crippen LogP contribution in [-0.2, 0) is 0 Å². The minimum Gasteiger partial charge on any atom is -0.495 e. The fraction of sp³-hybridized carbons (Fsp3) is 0.182. The fourth-order valence-corrected chi connectivity index (χ4v) is 1.91. The van der Waals surface area contributed by atoms with Crippen LogP contribution in [0.4, 0.5) is 17.6 Å². The van der Waals surface area contributed by atoms with Crippen molar-refractivity contribution in [1.82, 2.24) is 15.0 Å². The highest BCUT2D eigenvalue weighted by atomic mass is 35.5. The SMILES string of the molecule is COc1cc(OC)c(Nc2nc(N)nc(Cl)n2)cc1Cl. The van der Waals surface area contributed by atoms with Gasteiger partial charge >= 0.3 is 0 Å². The van der Waals surface area contributed by atoms with Crippen LogP contribution in [0.1, 0.15) is 0 Å². The molecular weight excluding hydrogens is 305 g/mol. The van der Waals surface area contributed by atoms with Crippen molar-refractivity contribution in [1.29, 1.82) is 0 Å². The standard InChI is InChI=1S/C11H11Cl2N5O2/c1-19-7-4-8(20-2)6(3-5(7)12)15-11-17-9(13)16-10(14)18-11/h3-4H,1-2H3,(H3,14,15,16,17,18). The Kier molecular flexibility index (Phi) is 4.31. The number of aromatic nitrogens is 3. The molecule has 0 amide bonds. The first-order valence-corrected chi connectivity index (χ1v) is 6.14. The second-order valence-electron chi connectivity index (χ2n) is 3.60. The van der Waals surface area contributed by atoms with E-state index >= 15 is 0 Å². The van der Waals surface area contributed by atoms with E-state index in [1.54, 1.807) is 12.1 Å². The van der Waals surface area contributed by atoms with Gasteiger partial charge in [-0.05, 0) is 17.7 Å². The van der Waals surface area contributed by atoms with Gasteiger partial charge in [0, 0.05) is 6.07 Å². The number of hydrogen-bond acceptors (Lipinski definition) is 7. The van der Waals surface area contributed by atoms with E-state index in [1.807, 2.05) is 0 Å². The largest absolute Gasteiger partial charge is 0.495 e. The van der Waals surface area contributed by atoms with E-state index in [2.05, 4.69) is 20.3 Å². The molecule has 0 atom stereocenters. The first kappa shape index (κ1) is 14.4. The predicted molar refractivity (Wildman–Crippen MR) is 77.1 cm³/mol. The van der Waals surface area contributed by atoms with E-state index in [0.717, 1.165) is 0 Å². The second-order valence-corrected chi connectivity index (χ2v) is 4.34. The Morgan fingerprint density at radius 2 is 1.75 bits per heavy atom. The summed E-state index contributed by atoms with van der Waals surface area (Å²) in [6.45, 7) is 0. The summed E-state index contributed by atoms with van der Waals surface area (Å²) < 4.78 is 10.3. The maximum absolute atomic E-state index is 6.06. The van der Waals surface area contributed by atoms with Gasteiger partial charge in [0.2, 0.25) is 17.2 Å². The number of hydrogen-bond donors (Lipinski definition) is 2. The number of benzene rings is 1. The van der Waals surface area contributed by atoms with Gasteiger partial charge < -0.3 is 20.5 Å². The normalized spacial score (nSPS) is 10.2. The maximum atomic E-state index is 6.06. The average Bonchev–Trinajstić information content (AvgIpc) is 2.38. The molecule has 0 fully saturated rings. The first-order chi connectivity index (χ1) is 9.53. The van der Waals surface area contributed by atoms with Crippen molar-refractivity contribution >= 4 is 40.8 Å². The summed E-state index contributed by atoms with van der Waals surface area (Å²) in [6.07, 6.45) is 0. The Hall–Kier alpha value is -1.99. The van der Waals surface area contributed by atoms with Crippen LogP contribution in [0.25, 0.3) is 0 Å². The van der Waals surface area contributed by atoms with Gasteiger partial charge in [-0.25, -0.2) is 0 Å². The van der Waals surface area contributed by atoms with E-state index in [4.69, 9.17) is 38.4 Å². The number of nitrogens with two attached hydrogens (primary N) is 1. The molecule has 106 valence electrons. The topological polar surface area (TPSA) is 95.2 Å². The zero-order chi connectivity index (χ0) is 14.7. The molecule has 1 aromatic heterocycles. The molecule has 0 bridgehead atoms. The lowest BCUT2D eigenvalue weighted by Gasteiger charge is -2.13. The zero-order valence-electron chi connectivity index (χ0n) is 10.6. The lowest BCUT2D eigenvalue weighted by Crippen LogP contribution is -2.04. The number of anilines is 3. The van der Waals surface area contributed by atoms with Crippen molar-refractivity contribution in [2.75, 3.05) is 25.3 Å². The van der Waals surface area contributed by atoms with Crippen molar-refractivity contribution in [3.8, 4) is 11.5 Å². The molecule has 9 heteroatoms. The smallest absolute Gasteiger partial charge is 0.233 e. The molecule has 2 aromatic rings. The highest BCUT2D eigenvalue weighted by Crippen LogP contribution is 2.36. The molecule has 20 heavy (non-hydrogen) atoms. The number of nitrogen functional groups attached to an aromatic ring is 1. The Labute approximate surface area is 125 Å². The Balaban J connectivity index is 2.39. The van der Waals surface area contributed by atoms with Gasteiger partial charge in [0.25, 0.3) is 0 Å². The second kappa shape index (κ2) is 5.98. The van der Waals surface area contributed by atoms with Gasteiger partial charge in [-0.2, -0.15) is 15.0 Å². The van der Waals surface area contributed by atoms with Gasteiger partial charge in [-0.3, -0.25) is 0 Å². The minimum atomic E-state index is -0.0152. The summed E-state index contributed by atoms with van der Waals surface area (Å²) in [5.41, 5.74) is 6.04. The van der Waals surface area contributed by atoms with Crippen molar-refractivity contribution in [3.05, 3.63) is 22.4 Å². The molecule has 3 N–H and O–H groups in total. The Morgan fingerprint density at radius 1 is 1.05 bits per heavy atom. The number of rotatable bonds is 4. The highest BCUT2D eigenvalue weighted by molar-refractivity contribution is 6.32. The molecule has 7 nitrogen and oxygen atoms in total. The van der Waals surface area contributed by atoms with Gasteiger partial charge in [-0.15, -0.1) is 0 Å². The summed E-state index contributed by atoms with van der Waals surface area (Å²) in [5.74, 6) is 1.18. The fourth-order valence-electron chi connectivity index (χ4n) is 1.50. The average molecular weight is 316 g/mol. The quantitative estimate of drug-likeness (QED) is 0.894. The number of halogens is 2. The van der Waals surface area contributed by atoms with E-state index in [-0.39, 0.29) is 17.2 Å². The predicted octanol–water partition coefficient (Wildman–Crippen LogP) is 2.52. The van der Waals surface area contributed by atoms with Crippen LogP contribution in [0.15, 0.2) is 12.1 Å². The van der Waals surface area contributed by atoms with E-state index in [0.29, 0.717) is 22.2 Å². The van der Waals surface area contributed by atoms with Crippen molar-refractivity contribution in [2.24, 2.45) is 0 Å². The lowest BCUT2D eigenvalue weighted by atomic mass is 10.2. The summed E-state index contributed by atoms with van der Waals surface area (Å²) >= 11 is 11.8. The third-order valence-corrected chi connectivity index (χ3v) is 2.81. The number of nitrogens with zero attached hydrogens (tertiary/aromatic N) is 3. The lowest BCUT2D eigenvalue weighted by molar-refractivity contribution is 0.396. The van der Waals surface area contributed by atoms with E-state index in [9.17, 15) is 0 Å². The molecule has 0 saturated carbocycles. The van der Waals surface area contributed by atoms with E-state index in [1.165, 1.54) is 14.2 Å². The van der Waals surface area contributed by atoms with Crippen LogP contribution in [0.2, 0.25) is 10.3 Å². The molecule has 0 aliphatic rings. The minimum absolute atomic E-state index is 0.00563. The molecule has 0 radical (unpaired) electrons. The number of ether oxygens (including phenoxy) is 2. The van der Waals surface area contributed by atoms with Gasteiger partial charge in [0.05, 0.1) is 24.9 Å². The van der Waals surface area contributed by atoms with Crippen LogP contribution in [0.3, 0.4) is 0 Å². The van der Waals surface area contributed by atoms with Crippen LogP contribution < -0.4 is 20.5 Å². The molecule has 1 heterocycles. The van der Waals surface area contributed by atoms with Crippen molar-refractivity contribution in [2.45, 2.75) is 0 Å². The highest BCUT2D eigenvalue weighted by Gasteiger charge is 2.12. The summed E-state index contributed by atoms with van der Waals surface area (Å²) in [5, 5.41) is 3.30. The van der Waals surface area contributed by atoms with Crippen molar-refractivity contribution < 1.29 is 9.47 Å². The summed E-state index contributed by atoms with van der Waals surface area (Å²) in [6, 6.07) is 3.25. The molecule has 0 aliphatic carbocycles. The van der Waals surface area contributed by atoms with Gasteiger partial charge in [0.15, 0.2) is 0 Å². The zero-order valence-corrected chi connectivity index (χ0v) is 12.2. The van der Waals surface area contributed by atoms with Gasteiger partial charge in [0.1, 0.15) is 11.5 Å². The number of methoxy groups -OCH3 is 2. The van der Waals surface area contributed by atoms with Crippen LogP contribution in [0.5, 0.6) is 11.5 Å². The monoisotopic (exact) mass is 315 g/mol. The molecular formula is C11H11Cl2N5O2. The third-order valence-electron chi connectivity index (χ3n) is 2.35. The Morgan fingerprint density at radius 3 is 2.35 bits per heavy atom. The maximum Gasteiger partial charge on any atom is 0.233 e. The van der Waals surface area contributed by atoms with Crippen LogP contribution in [0, 0.1) is 0 Å². The first-order valence-electron chi connectivity index (χ1n) is 5.39. The third kappa shape index (κ3) is 3.12. The van der Waals surface area contributed by atoms with E-state index < -0.39 is 0 Å². The van der Waals surface area contributed by atoms with Crippen LogP contribution >= 0.6 is 23.2 Å². The summed E-state index contributed by atoms with van der Waals surface area (Å²) in [7, 11) is 3.03. The Bertz CT molecular complexity index is 618. The van der Waals surface area contributed by atoms with Gasteiger partial charge in [-0.1, -0.05) is 11.6 Å². The number of nitrogens with one attached hydrogen (secondary N) is 1. The molecule has 0 aliphatic heterocycles. The molecule has 2 rings (SSSR count). The summed E-state index contributed by atoms with van der Waals surface area (Å²) in [4.78, 5) is 11.5.